The number of fused-ring (bicyclic) bond motifs is 1. The van der Waals surface area contributed by atoms with Crippen molar-refractivity contribution in [1.29, 1.82) is 0 Å². The molecule has 3 nitrogen and oxygen atoms in total. The predicted octanol–water partition coefficient (Wildman–Crippen LogP) is 4.06. The number of aryl methyl sites for hydroxylation is 1. The number of H-pyrrole nitrogens is 1. The number of piperidine rings is 1. The van der Waals surface area contributed by atoms with Crippen molar-refractivity contribution in [3.63, 3.8) is 0 Å². The van der Waals surface area contributed by atoms with E-state index in [9.17, 15) is 4.39 Å². The van der Waals surface area contributed by atoms with Crippen LogP contribution in [0.25, 0.3) is 10.9 Å². The summed E-state index contributed by atoms with van der Waals surface area (Å²) in [5.41, 5.74) is 3.48. The highest BCUT2D eigenvalue weighted by atomic mass is 19.1. The number of aromatic amines is 1. The molecule has 1 aliphatic heterocycles. The van der Waals surface area contributed by atoms with Crippen molar-refractivity contribution < 1.29 is 9.13 Å². The molecule has 0 aliphatic carbocycles. The minimum Gasteiger partial charge on any atom is -0.496 e. The van der Waals surface area contributed by atoms with Crippen LogP contribution in [-0.4, -0.2) is 36.8 Å². The van der Waals surface area contributed by atoms with Gasteiger partial charge in [-0.25, -0.2) is 0 Å². The molecule has 0 radical (unpaired) electrons. The lowest BCUT2D eigenvalue weighted by molar-refractivity contribution is 0.0887. The first-order valence-corrected chi connectivity index (χ1v) is 7.98. The van der Waals surface area contributed by atoms with Crippen LogP contribution in [-0.2, 0) is 6.54 Å². The van der Waals surface area contributed by atoms with Crippen molar-refractivity contribution in [2.45, 2.75) is 33.2 Å². The van der Waals surface area contributed by atoms with Gasteiger partial charge in [0.15, 0.2) is 0 Å². The molecule has 1 aromatic heterocycles. The van der Waals surface area contributed by atoms with Crippen LogP contribution >= 0.6 is 0 Å². The van der Waals surface area contributed by atoms with Crippen molar-refractivity contribution >= 4 is 10.9 Å². The van der Waals surface area contributed by atoms with E-state index >= 15 is 0 Å². The number of benzene rings is 1. The molecule has 1 N–H and O–H groups in total. The smallest absolute Gasteiger partial charge is 0.124 e. The molecule has 2 heterocycles. The first kappa shape index (κ1) is 15.3. The first-order chi connectivity index (χ1) is 10.6. The molecule has 0 atom stereocenters. The van der Waals surface area contributed by atoms with Gasteiger partial charge in [0.1, 0.15) is 5.75 Å². The number of likely N-dealkylation sites (tertiary alicyclic amines) is 1. The third-order valence-corrected chi connectivity index (χ3v) is 5.10. The quantitative estimate of drug-likeness (QED) is 0.922. The molecule has 3 rings (SSSR count). The third-order valence-electron chi connectivity index (χ3n) is 5.10. The molecule has 0 bridgehead atoms. The third kappa shape index (κ3) is 2.72. The summed E-state index contributed by atoms with van der Waals surface area (Å²) in [6.45, 7) is 6.70. The SMILES string of the molecule is COc1cc(C)c2[nH]ccc2c1CN1CCC(C)(CF)CC1. The number of hydrogen-bond donors (Lipinski definition) is 1. The van der Waals surface area contributed by atoms with Gasteiger partial charge in [0, 0.05) is 29.2 Å². The van der Waals surface area contributed by atoms with Crippen molar-refractivity contribution in [2.75, 3.05) is 26.9 Å². The van der Waals surface area contributed by atoms with E-state index in [0.29, 0.717) is 0 Å². The Balaban J connectivity index is 1.85. The van der Waals surface area contributed by atoms with E-state index in [2.05, 4.69) is 35.9 Å². The van der Waals surface area contributed by atoms with Gasteiger partial charge in [-0.15, -0.1) is 0 Å². The number of hydrogen-bond acceptors (Lipinski definition) is 2. The number of aromatic nitrogens is 1. The highest BCUT2D eigenvalue weighted by molar-refractivity contribution is 5.88. The van der Waals surface area contributed by atoms with Crippen LogP contribution in [0.1, 0.15) is 30.9 Å². The molecule has 0 spiro atoms. The zero-order chi connectivity index (χ0) is 15.7. The van der Waals surface area contributed by atoms with Crippen LogP contribution in [0, 0.1) is 12.3 Å². The number of rotatable bonds is 4. The summed E-state index contributed by atoms with van der Waals surface area (Å²) in [5.74, 6) is 0.948. The number of nitrogens with one attached hydrogen (secondary N) is 1. The Kier molecular flexibility index (Phi) is 4.13. The van der Waals surface area contributed by atoms with E-state index in [4.69, 9.17) is 4.74 Å². The van der Waals surface area contributed by atoms with Gasteiger partial charge in [0.25, 0.3) is 0 Å². The van der Waals surface area contributed by atoms with E-state index in [0.717, 1.165) is 38.2 Å². The minimum absolute atomic E-state index is 0.128. The largest absolute Gasteiger partial charge is 0.496 e. The van der Waals surface area contributed by atoms with Gasteiger partial charge in [-0.3, -0.25) is 9.29 Å². The minimum atomic E-state index is -0.212. The molecule has 4 heteroatoms. The lowest BCUT2D eigenvalue weighted by Gasteiger charge is -2.37. The number of nitrogens with zero attached hydrogens (tertiary/aromatic N) is 1. The summed E-state index contributed by atoms with van der Waals surface area (Å²) in [5, 5.41) is 1.23. The normalized spacial score (nSPS) is 18.7. The van der Waals surface area contributed by atoms with Gasteiger partial charge in [0.2, 0.25) is 0 Å². The number of ether oxygens (including phenoxy) is 1. The first-order valence-electron chi connectivity index (χ1n) is 7.98. The average Bonchev–Trinajstić information content (AvgIpc) is 3.02. The van der Waals surface area contributed by atoms with Crippen LogP contribution in [0.3, 0.4) is 0 Å². The Hall–Kier alpha value is -1.55. The van der Waals surface area contributed by atoms with Crippen LogP contribution < -0.4 is 4.74 Å². The van der Waals surface area contributed by atoms with E-state index in [1.807, 2.05) is 6.20 Å². The monoisotopic (exact) mass is 304 g/mol. The number of halogens is 1. The highest BCUT2D eigenvalue weighted by Crippen LogP contribution is 2.35. The summed E-state index contributed by atoms with van der Waals surface area (Å²) in [6.07, 6.45) is 3.83. The zero-order valence-corrected chi connectivity index (χ0v) is 13.7. The second-order valence-electron chi connectivity index (χ2n) is 6.86. The van der Waals surface area contributed by atoms with Crippen LogP contribution in [0.2, 0.25) is 0 Å². The van der Waals surface area contributed by atoms with E-state index < -0.39 is 0 Å². The van der Waals surface area contributed by atoms with Crippen molar-refractivity contribution in [2.24, 2.45) is 5.41 Å². The molecule has 120 valence electrons. The van der Waals surface area contributed by atoms with E-state index in [1.165, 1.54) is 22.0 Å². The fourth-order valence-corrected chi connectivity index (χ4v) is 3.39. The Morgan fingerprint density at radius 1 is 1.36 bits per heavy atom. The van der Waals surface area contributed by atoms with Gasteiger partial charge in [0.05, 0.1) is 13.8 Å². The van der Waals surface area contributed by atoms with Crippen molar-refractivity contribution in [1.82, 2.24) is 9.88 Å². The summed E-state index contributed by atoms with van der Waals surface area (Å²) in [6, 6.07) is 4.22. The molecule has 1 aromatic carbocycles. The molecule has 0 unspecified atom stereocenters. The van der Waals surface area contributed by atoms with Crippen molar-refractivity contribution in [3.05, 3.63) is 29.5 Å². The lowest BCUT2D eigenvalue weighted by atomic mass is 9.81. The van der Waals surface area contributed by atoms with Gasteiger partial charge >= 0.3 is 0 Å². The number of alkyl halides is 1. The standard InChI is InChI=1S/C18H25FN2O/c1-13-10-16(22-3)15(14-4-7-20-17(13)14)11-21-8-5-18(2,12-19)6-9-21/h4,7,10,20H,5-6,8-9,11-12H2,1-3H3. The zero-order valence-electron chi connectivity index (χ0n) is 13.7. The molecule has 1 fully saturated rings. The maximum absolute atomic E-state index is 13.1. The molecule has 2 aromatic rings. The Labute approximate surface area is 131 Å². The van der Waals surface area contributed by atoms with Crippen LogP contribution in [0.5, 0.6) is 5.75 Å². The molecular weight excluding hydrogens is 279 g/mol. The molecule has 22 heavy (non-hydrogen) atoms. The van der Waals surface area contributed by atoms with E-state index in [1.54, 1.807) is 7.11 Å². The maximum Gasteiger partial charge on any atom is 0.124 e. The summed E-state index contributed by atoms with van der Waals surface area (Å²) in [7, 11) is 1.73. The Bertz CT molecular complexity index is 656. The summed E-state index contributed by atoms with van der Waals surface area (Å²) >= 11 is 0. The summed E-state index contributed by atoms with van der Waals surface area (Å²) in [4.78, 5) is 5.73. The predicted molar refractivity (Wildman–Crippen MR) is 88.2 cm³/mol. The lowest BCUT2D eigenvalue weighted by Crippen LogP contribution is -2.39. The van der Waals surface area contributed by atoms with Gasteiger partial charge in [-0.05, 0) is 56.0 Å². The second-order valence-corrected chi connectivity index (χ2v) is 6.86. The highest BCUT2D eigenvalue weighted by Gasteiger charge is 2.30. The van der Waals surface area contributed by atoms with Gasteiger partial charge < -0.3 is 9.72 Å². The Morgan fingerprint density at radius 3 is 2.73 bits per heavy atom. The maximum atomic E-state index is 13.1. The number of methoxy groups -OCH3 is 1. The van der Waals surface area contributed by atoms with Crippen molar-refractivity contribution in [3.8, 4) is 5.75 Å². The fraction of sp³-hybridized carbons (Fsp3) is 0.556. The molecular formula is C18H25FN2O. The summed E-state index contributed by atoms with van der Waals surface area (Å²) < 4.78 is 18.7. The molecule has 0 amide bonds. The van der Waals surface area contributed by atoms with E-state index in [-0.39, 0.29) is 12.1 Å². The molecule has 0 saturated carbocycles. The second kappa shape index (κ2) is 5.92. The van der Waals surface area contributed by atoms with Gasteiger partial charge in [-0.1, -0.05) is 6.92 Å². The van der Waals surface area contributed by atoms with Gasteiger partial charge in [-0.2, -0.15) is 0 Å². The Morgan fingerprint density at radius 2 is 2.09 bits per heavy atom. The topological polar surface area (TPSA) is 28.3 Å². The van der Waals surface area contributed by atoms with Crippen LogP contribution in [0.15, 0.2) is 18.3 Å². The fourth-order valence-electron chi connectivity index (χ4n) is 3.39. The molecule has 1 saturated heterocycles. The average molecular weight is 304 g/mol. The molecule has 1 aliphatic rings. The van der Waals surface area contributed by atoms with Crippen LogP contribution in [0.4, 0.5) is 4.39 Å².